The van der Waals surface area contributed by atoms with Crippen molar-refractivity contribution in [3.05, 3.63) is 0 Å². The normalized spacial score (nSPS) is 20.0. The molecule has 1 aliphatic rings. The smallest absolute Gasteiger partial charge is 0.234 e. The van der Waals surface area contributed by atoms with E-state index in [9.17, 15) is 4.79 Å². The lowest BCUT2D eigenvalue weighted by molar-refractivity contribution is -0.131. The number of carbonyl (C=O) groups excluding carboxylic acids is 1. The molecule has 1 aliphatic carbocycles. The lowest BCUT2D eigenvalue weighted by Crippen LogP contribution is -2.55. The number of amides is 1. The summed E-state index contributed by atoms with van der Waals surface area (Å²) in [5.41, 5.74) is 4.88. The lowest BCUT2D eigenvalue weighted by atomic mass is 9.67. The van der Waals surface area contributed by atoms with Crippen LogP contribution in [0, 0.1) is 5.41 Å². The fourth-order valence-corrected chi connectivity index (χ4v) is 2.87. The van der Waals surface area contributed by atoms with E-state index in [0.29, 0.717) is 12.8 Å². The quantitative estimate of drug-likeness (QED) is 0.216. The first-order valence-electron chi connectivity index (χ1n) is 6.43. The van der Waals surface area contributed by atoms with E-state index in [2.05, 4.69) is 17.4 Å². The Morgan fingerprint density at radius 2 is 2.28 bits per heavy atom. The highest BCUT2D eigenvalue weighted by molar-refractivity contribution is 7.99. The number of rotatable bonds is 7. The van der Waals surface area contributed by atoms with Gasteiger partial charge in [0, 0.05) is 6.04 Å². The Bertz CT molecular complexity index is 316. The van der Waals surface area contributed by atoms with Crippen molar-refractivity contribution in [2.45, 2.75) is 45.6 Å². The number of nitrogens with zero attached hydrogens (tertiary/aromatic N) is 1. The summed E-state index contributed by atoms with van der Waals surface area (Å²) in [7, 11) is 0. The number of hydrogen-bond donors (Lipinski definition) is 3. The molecular formula is C12H23N3O2S. The first kappa shape index (κ1) is 15.1. The van der Waals surface area contributed by atoms with Crippen molar-refractivity contribution in [1.82, 2.24) is 5.32 Å². The summed E-state index contributed by atoms with van der Waals surface area (Å²) in [6, 6.07) is 0.125. The Morgan fingerprint density at radius 1 is 1.61 bits per heavy atom. The zero-order chi connectivity index (χ0) is 13.6. The van der Waals surface area contributed by atoms with Gasteiger partial charge in [-0.25, -0.2) is 0 Å². The van der Waals surface area contributed by atoms with Gasteiger partial charge in [0.05, 0.1) is 0 Å². The standard InChI is InChI=1S/C12H23N3O2S/c1-3-18-8-5-9(2)14-11(16)12(6-4-7-12)10(13)15-17/h9,17H,3-8H2,1-2H3,(H2,13,15)(H,14,16). The van der Waals surface area contributed by atoms with Crippen molar-refractivity contribution in [1.29, 1.82) is 0 Å². The van der Waals surface area contributed by atoms with Crippen molar-refractivity contribution < 1.29 is 10.0 Å². The third-order valence-corrected chi connectivity index (χ3v) is 4.45. The second-order valence-electron chi connectivity index (χ2n) is 4.78. The van der Waals surface area contributed by atoms with Crippen molar-refractivity contribution in [2.75, 3.05) is 11.5 Å². The van der Waals surface area contributed by atoms with E-state index < -0.39 is 5.41 Å². The summed E-state index contributed by atoms with van der Waals surface area (Å²) < 4.78 is 0. The van der Waals surface area contributed by atoms with Crippen LogP contribution in [0.25, 0.3) is 0 Å². The minimum absolute atomic E-state index is 0.0429. The van der Waals surface area contributed by atoms with Gasteiger partial charge in [0.1, 0.15) is 5.41 Å². The molecule has 4 N–H and O–H groups in total. The Labute approximate surface area is 113 Å². The number of carbonyl (C=O) groups is 1. The third-order valence-electron chi connectivity index (χ3n) is 3.52. The van der Waals surface area contributed by atoms with Crippen molar-refractivity contribution in [3.8, 4) is 0 Å². The molecule has 0 aromatic heterocycles. The molecule has 0 aliphatic heterocycles. The minimum atomic E-state index is -0.763. The molecule has 0 bridgehead atoms. The lowest BCUT2D eigenvalue weighted by Gasteiger charge is -2.39. The van der Waals surface area contributed by atoms with Gasteiger partial charge in [0.2, 0.25) is 5.91 Å². The van der Waals surface area contributed by atoms with Crippen molar-refractivity contribution in [3.63, 3.8) is 0 Å². The van der Waals surface area contributed by atoms with Crippen LogP contribution in [-0.4, -0.2) is 34.5 Å². The topological polar surface area (TPSA) is 87.7 Å². The van der Waals surface area contributed by atoms with Crippen molar-refractivity contribution >= 4 is 23.5 Å². The van der Waals surface area contributed by atoms with E-state index in [1.54, 1.807) is 0 Å². The second-order valence-corrected chi connectivity index (χ2v) is 6.17. The molecular weight excluding hydrogens is 250 g/mol. The van der Waals surface area contributed by atoms with E-state index in [-0.39, 0.29) is 17.8 Å². The molecule has 0 saturated heterocycles. The Hall–Kier alpha value is -0.910. The maximum absolute atomic E-state index is 12.2. The molecule has 1 fully saturated rings. The maximum atomic E-state index is 12.2. The fraction of sp³-hybridized carbons (Fsp3) is 0.833. The van der Waals surface area contributed by atoms with Crippen LogP contribution in [-0.2, 0) is 4.79 Å². The van der Waals surface area contributed by atoms with Crippen LogP contribution in [0.1, 0.15) is 39.5 Å². The SMILES string of the molecule is CCSCCC(C)NC(=O)C1(C(N)=NO)CCC1. The molecule has 1 atom stereocenters. The number of oxime groups is 1. The van der Waals surface area contributed by atoms with Gasteiger partial charge in [0.25, 0.3) is 0 Å². The van der Waals surface area contributed by atoms with Gasteiger partial charge in [-0.1, -0.05) is 18.5 Å². The number of hydrogen-bond acceptors (Lipinski definition) is 4. The van der Waals surface area contributed by atoms with Crippen LogP contribution in [0.4, 0.5) is 0 Å². The van der Waals surface area contributed by atoms with E-state index in [4.69, 9.17) is 10.9 Å². The maximum Gasteiger partial charge on any atom is 0.234 e. The van der Waals surface area contributed by atoms with Crippen LogP contribution in [0.3, 0.4) is 0 Å². The molecule has 104 valence electrons. The summed E-state index contributed by atoms with van der Waals surface area (Å²) in [5, 5.41) is 14.8. The Morgan fingerprint density at radius 3 is 2.72 bits per heavy atom. The third kappa shape index (κ3) is 3.31. The summed E-state index contributed by atoms with van der Waals surface area (Å²) >= 11 is 1.86. The summed E-state index contributed by atoms with van der Waals surface area (Å²) in [6.45, 7) is 4.11. The highest BCUT2D eigenvalue weighted by Crippen LogP contribution is 2.41. The number of nitrogens with two attached hydrogens (primary N) is 1. The average molecular weight is 273 g/mol. The monoisotopic (exact) mass is 273 g/mol. The predicted octanol–water partition coefficient (Wildman–Crippen LogP) is 1.55. The van der Waals surface area contributed by atoms with Crippen LogP contribution >= 0.6 is 11.8 Å². The predicted molar refractivity (Wildman–Crippen MR) is 74.9 cm³/mol. The Balaban J connectivity index is 2.48. The van der Waals surface area contributed by atoms with Gasteiger partial charge in [0.15, 0.2) is 5.84 Å². The van der Waals surface area contributed by atoms with Crippen LogP contribution in [0.5, 0.6) is 0 Å². The van der Waals surface area contributed by atoms with E-state index >= 15 is 0 Å². The summed E-state index contributed by atoms with van der Waals surface area (Å²) in [5.74, 6) is 2.07. The molecule has 18 heavy (non-hydrogen) atoms. The van der Waals surface area contributed by atoms with Gasteiger partial charge in [-0.05, 0) is 37.7 Å². The van der Waals surface area contributed by atoms with Crippen LogP contribution in [0.15, 0.2) is 5.16 Å². The van der Waals surface area contributed by atoms with Gasteiger partial charge < -0.3 is 16.3 Å². The molecule has 1 amide bonds. The number of nitrogens with one attached hydrogen (secondary N) is 1. The molecule has 1 rings (SSSR count). The molecule has 6 heteroatoms. The Kier molecular flexibility index (Phi) is 5.78. The molecule has 0 aromatic carbocycles. The zero-order valence-electron chi connectivity index (χ0n) is 11.1. The summed E-state index contributed by atoms with van der Waals surface area (Å²) in [4.78, 5) is 12.2. The highest BCUT2D eigenvalue weighted by atomic mass is 32.2. The molecule has 0 radical (unpaired) electrons. The van der Waals surface area contributed by atoms with E-state index in [1.165, 1.54) is 0 Å². The average Bonchev–Trinajstić information content (AvgIpc) is 2.27. The molecule has 5 nitrogen and oxygen atoms in total. The van der Waals surface area contributed by atoms with E-state index in [1.807, 2.05) is 18.7 Å². The largest absolute Gasteiger partial charge is 0.409 e. The van der Waals surface area contributed by atoms with Gasteiger partial charge in [-0.15, -0.1) is 0 Å². The zero-order valence-corrected chi connectivity index (χ0v) is 11.9. The molecule has 0 spiro atoms. The molecule has 1 unspecified atom stereocenters. The van der Waals surface area contributed by atoms with Gasteiger partial charge in [-0.3, -0.25) is 4.79 Å². The summed E-state index contributed by atoms with van der Waals surface area (Å²) in [6.07, 6.45) is 3.23. The number of amidine groups is 1. The fourth-order valence-electron chi connectivity index (χ4n) is 2.06. The molecule has 0 heterocycles. The molecule has 0 aromatic rings. The van der Waals surface area contributed by atoms with Crippen LogP contribution < -0.4 is 11.1 Å². The van der Waals surface area contributed by atoms with E-state index in [0.717, 1.165) is 24.3 Å². The number of thioether (sulfide) groups is 1. The first-order chi connectivity index (χ1) is 8.56. The van der Waals surface area contributed by atoms with Gasteiger partial charge in [-0.2, -0.15) is 11.8 Å². The van der Waals surface area contributed by atoms with Gasteiger partial charge >= 0.3 is 0 Å². The molecule has 1 saturated carbocycles. The van der Waals surface area contributed by atoms with Crippen molar-refractivity contribution in [2.24, 2.45) is 16.3 Å². The van der Waals surface area contributed by atoms with Crippen LogP contribution in [0.2, 0.25) is 0 Å². The minimum Gasteiger partial charge on any atom is -0.409 e. The first-order valence-corrected chi connectivity index (χ1v) is 7.59. The highest BCUT2D eigenvalue weighted by Gasteiger charge is 2.48. The second kappa shape index (κ2) is 6.87.